The van der Waals surface area contributed by atoms with E-state index >= 15 is 0 Å². The number of hydrogen-bond donors (Lipinski definition) is 1. The molecule has 0 radical (unpaired) electrons. The van der Waals surface area contributed by atoms with Gasteiger partial charge >= 0.3 is 0 Å². The molecule has 1 N–H and O–H groups in total. The lowest BCUT2D eigenvalue weighted by molar-refractivity contribution is 0.0939. The Balaban J connectivity index is 2.87. The minimum atomic E-state index is -1.11. The van der Waals surface area contributed by atoms with Crippen molar-refractivity contribution >= 4 is 21.8 Å². The van der Waals surface area contributed by atoms with Crippen LogP contribution in [-0.4, -0.2) is 17.3 Å². The van der Waals surface area contributed by atoms with Gasteiger partial charge < -0.3 is 5.32 Å². The Morgan fingerprint density at radius 2 is 2.20 bits per heavy atom. The fourth-order valence-corrected chi connectivity index (χ4v) is 1.18. The van der Waals surface area contributed by atoms with Gasteiger partial charge in [0.2, 0.25) is 0 Å². The number of carbonyl (C=O) groups is 1. The monoisotopic (exact) mass is 277 g/mol. The molecule has 2 nitrogen and oxygen atoms in total. The molecule has 1 atom stereocenters. The average molecular weight is 278 g/mol. The van der Waals surface area contributed by atoms with Gasteiger partial charge in [-0.05, 0) is 19.1 Å². The van der Waals surface area contributed by atoms with Gasteiger partial charge in [0.05, 0.1) is 5.56 Å². The molecule has 0 aliphatic rings. The van der Waals surface area contributed by atoms with Crippen LogP contribution in [0.2, 0.25) is 0 Å². The second kappa shape index (κ2) is 5.21. The van der Waals surface area contributed by atoms with Crippen LogP contribution in [0.4, 0.5) is 8.78 Å². The fourth-order valence-electron chi connectivity index (χ4n) is 1.02. The van der Waals surface area contributed by atoms with Crippen LogP contribution in [-0.2, 0) is 0 Å². The van der Waals surface area contributed by atoms with E-state index in [1.165, 1.54) is 12.1 Å². The van der Waals surface area contributed by atoms with Gasteiger partial charge in [0.1, 0.15) is 0 Å². The Labute approximate surface area is 94.8 Å². The third-order valence-electron chi connectivity index (χ3n) is 1.81. The molecule has 0 aromatic heterocycles. The van der Waals surface area contributed by atoms with Crippen molar-refractivity contribution in [1.29, 1.82) is 0 Å². The summed E-state index contributed by atoms with van der Waals surface area (Å²) < 4.78 is 26.0. The second-order valence-electron chi connectivity index (χ2n) is 3.13. The van der Waals surface area contributed by atoms with Crippen molar-refractivity contribution in [3.05, 3.63) is 35.4 Å². The van der Waals surface area contributed by atoms with Gasteiger partial charge in [-0.15, -0.1) is 0 Å². The number of carbonyl (C=O) groups excluding carboxylic acids is 1. The molecular formula is C10H10BrF2NO. The first-order chi connectivity index (χ1) is 7.06. The number of rotatable bonds is 3. The van der Waals surface area contributed by atoms with E-state index in [4.69, 9.17) is 0 Å². The summed E-state index contributed by atoms with van der Waals surface area (Å²) in [5.74, 6) is -2.75. The van der Waals surface area contributed by atoms with E-state index in [1.807, 2.05) is 0 Å². The van der Waals surface area contributed by atoms with Crippen molar-refractivity contribution in [3.63, 3.8) is 0 Å². The lowest BCUT2D eigenvalue weighted by Crippen LogP contribution is -2.34. The van der Waals surface area contributed by atoms with Crippen LogP contribution in [0.25, 0.3) is 0 Å². The molecule has 0 fully saturated rings. The third-order valence-corrected chi connectivity index (χ3v) is 2.78. The highest BCUT2D eigenvalue weighted by atomic mass is 79.9. The Morgan fingerprint density at radius 3 is 2.80 bits per heavy atom. The van der Waals surface area contributed by atoms with Crippen molar-refractivity contribution in [2.45, 2.75) is 13.0 Å². The Bertz CT molecular complexity index is 370. The molecule has 0 saturated carbocycles. The molecule has 1 amide bonds. The average Bonchev–Trinajstić information content (AvgIpc) is 2.21. The van der Waals surface area contributed by atoms with E-state index < -0.39 is 17.5 Å². The first-order valence-electron chi connectivity index (χ1n) is 4.37. The van der Waals surface area contributed by atoms with E-state index in [0.717, 1.165) is 6.07 Å². The summed E-state index contributed by atoms with van der Waals surface area (Å²) in [5, 5.41) is 3.07. The SMILES string of the molecule is CC(CBr)NC(=O)c1cccc(F)c1F. The zero-order valence-corrected chi connectivity index (χ0v) is 9.64. The molecule has 82 valence electrons. The Kier molecular flexibility index (Phi) is 4.20. The number of nitrogens with one attached hydrogen (secondary N) is 1. The molecule has 1 aromatic rings. The normalized spacial score (nSPS) is 12.3. The molecule has 0 bridgehead atoms. The summed E-state index contributed by atoms with van der Waals surface area (Å²) in [6, 6.07) is 3.38. The van der Waals surface area contributed by atoms with Gasteiger partial charge in [-0.3, -0.25) is 4.79 Å². The van der Waals surface area contributed by atoms with Crippen molar-refractivity contribution in [1.82, 2.24) is 5.32 Å². The van der Waals surface area contributed by atoms with Gasteiger partial charge in [0.15, 0.2) is 11.6 Å². The molecule has 15 heavy (non-hydrogen) atoms. The van der Waals surface area contributed by atoms with E-state index in [2.05, 4.69) is 21.2 Å². The number of halogens is 3. The zero-order chi connectivity index (χ0) is 11.4. The van der Waals surface area contributed by atoms with Crippen molar-refractivity contribution in [2.24, 2.45) is 0 Å². The molecule has 0 saturated heterocycles. The Morgan fingerprint density at radius 1 is 1.53 bits per heavy atom. The summed E-state index contributed by atoms with van der Waals surface area (Å²) in [4.78, 5) is 11.4. The van der Waals surface area contributed by atoms with E-state index in [0.29, 0.717) is 5.33 Å². The van der Waals surface area contributed by atoms with Gasteiger partial charge in [0, 0.05) is 11.4 Å². The highest BCUT2D eigenvalue weighted by Crippen LogP contribution is 2.11. The predicted molar refractivity (Wildman–Crippen MR) is 57.1 cm³/mol. The van der Waals surface area contributed by atoms with Crippen LogP contribution in [0, 0.1) is 11.6 Å². The Hall–Kier alpha value is -0.970. The number of benzene rings is 1. The van der Waals surface area contributed by atoms with Gasteiger partial charge in [-0.2, -0.15) is 0 Å². The van der Waals surface area contributed by atoms with Crippen molar-refractivity contribution in [3.8, 4) is 0 Å². The smallest absolute Gasteiger partial charge is 0.254 e. The van der Waals surface area contributed by atoms with E-state index in [1.54, 1.807) is 6.92 Å². The molecular weight excluding hydrogens is 268 g/mol. The lowest BCUT2D eigenvalue weighted by atomic mass is 10.2. The fraction of sp³-hybridized carbons (Fsp3) is 0.300. The first-order valence-corrected chi connectivity index (χ1v) is 5.49. The molecule has 0 aliphatic heterocycles. The second-order valence-corrected chi connectivity index (χ2v) is 3.78. The molecule has 0 aliphatic carbocycles. The minimum Gasteiger partial charge on any atom is -0.349 e. The maximum Gasteiger partial charge on any atom is 0.254 e. The molecule has 1 unspecified atom stereocenters. The van der Waals surface area contributed by atoms with Crippen LogP contribution < -0.4 is 5.32 Å². The maximum atomic E-state index is 13.2. The van der Waals surface area contributed by atoms with E-state index in [9.17, 15) is 13.6 Å². The largest absolute Gasteiger partial charge is 0.349 e. The van der Waals surface area contributed by atoms with Crippen LogP contribution in [0.5, 0.6) is 0 Å². The molecule has 0 spiro atoms. The van der Waals surface area contributed by atoms with Gasteiger partial charge in [-0.25, -0.2) is 8.78 Å². The first kappa shape index (κ1) is 12.1. The summed E-state index contributed by atoms with van der Waals surface area (Å²) in [5.41, 5.74) is -0.275. The van der Waals surface area contributed by atoms with Crippen LogP contribution in [0.1, 0.15) is 17.3 Å². The van der Waals surface area contributed by atoms with Crippen LogP contribution in [0.15, 0.2) is 18.2 Å². The summed E-state index contributed by atoms with van der Waals surface area (Å²) in [6.07, 6.45) is 0. The molecule has 0 heterocycles. The van der Waals surface area contributed by atoms with Crippen molar-refractivity contribution < 1.29 is 13.6 Å². The predicted octanol–water partition coefficient (Wildman–Crippen LogP) is 2.48. The maximum absolute atomic E-state index is 13.2. The number of amides is 1. The van der Waals surface area contributed by atoms with Crippen LogP contribution >= 0.6 is 15.9 Å². The summed E-state index contributed by atoms with van der Waals surface area (Å²) >= 11 is 3.17. The standard InChI is InChI=1S/C10H10BrF2NO/c1-6(5-11)14-10(15)7-3-2-4-8(12)9(7)13/h2-4,6H,5H2,1H3,(H,14,15). The molecule has 1 aromatic carbocycles. The number of alkyl halides is 1. The van der Waals surface area contributed by atoms with Gasteiger partial charge in [0.25, 0.3) is 5.91 Å². The third kappa shape index (κ3) is 2.99. The molecule has 5 heteroatoms. The topological polar surface area (TPSA) is 29.1 Å². The number of hydrogen-bond acceptors (Lipinski definition) is 1. The van der Waals surface area contributed by atoms with Gasteiger partial charge in [-0.1, -0.05) is 22.0 Å². The quantitative estimate of drug-likeness (QED) is 0.845. The highest BCUT2D eigenvalue weighted by molar-refractivity contribution is 9.09. The summed E-state index contributed by atoms with van der Waals surface area (Å²) in [6.45, 7) is 1.75. The zero-order valence-electron chi connectivity index (χ0n) is 8.06. The van der Waals surface area contributed by atoms with Crippen LogP contribution in [0.3, 0.4) is 0 Å². The highest BCUT2D eigenvalue weighted by Gasteiger charge is 2.15. The molecule has 1 rings (SSSR count). The van der Waals surface area contributed by atoms with Crippen molar-refractivity contribution in [2.75, 3.05) is 5.33 Å². The van der Waals surface area contributed by atoms with E-state index in [-0.39, 0.29) is 11.6 Å². The minimum absolute atomic E-state index is 0.139. The lowest BCUT2D eigenvalue weighted by Gasteiger charge is -2.10. The summed E-state index contributed by atoms with van der Waals surface area (Å²) in [7, 11) is 0.